The predicted octanol–water partition coefficient (Wildman–Crippen LogP) is 1.51. The minimum Gasteiger partial charge on any atom is -0.382 e. The third-order valence-corrected chi connectivity index (χ3v) is 3.72. The number of aromatic nitrogens is 2. The number of sulfonamides is 1. The van der Waals surface area contributed by atoms with E-state index in [1.807, 2.05) is 0 Å². The van der Waals surface area contributed by atoms with Gasteiger partial charge < -0.3 is 5.73 Å². The number of nitrogen functional groups attached to an aromatic ring is 1. The van der Waals surface area contributed by atoms with Gasteiger partial charge in [-0.25, -0.2) is 13.4 Å². The molecule has 2 rings (SSSR count). The van der Waals surface area contributed by atoms with Gasteiger partial charge in [-0.2, -0.15) is 0 Å². The maximum absolute atomic E-state index is 12.0. The number of halogens is 1. The Labute approximate surface area is 109 Å². The number of hydrogen-bond acceptors (Lipinski definition) is 5. The number of nitrogens with one attached hydrogen (secondary N) is 1. The number of pyridine rings is 2. The molecule has 0 atom stereocenters. The van der Waals surface area contributed by atoms with Gasteiger partial charge in [0.25, 0.3) is 10.0 Å². The van der Waals surface area contributed by atoms with Crippen LogP contribution in [0.2, 0.25) is 5.02 Å². The zero-order valence-corrected chi connectivity index (χ0v) is 10.6. The van der Waals surface area contributed by atoms with Crippen LogP contribution in [0.5, 0.6) is 0 Å². The lowest BCUT2D eigenvalue weighted by Crippen LogP contribution is -2.13. The summed E-state index contributed by atoms with van der Waals surface area (Å²) in [5, 5.41) is 0.0871. The van der Waals surface area contributed by atoms with E-state index in [1.165, 1.54) is 12.3 Å². The zero-order chi connectivity index (χ0) is 13.2. The van der Waals surface area contributed by atoms with Crippen LogP contribution in [0.4, 0.5) is 11.5 Å². The Morgan fingerprint density at radius 3 is 2.72 bits per heavy atom. The minimum atomic E-state index is -3.75. The molecule has 0 saturated carbocycles. The van der Waals surface area contributed by atoms with E-state index in [-0.39, 0.29) is 15.7 Å². The summed E-state index contributed by atoms with van der Waals surface area (Å²) in [7, 11) is -3.75. The molecule has 0 spiro atoms. The fraction of sp³-hybridized carbons (Fsp3) is 0. The quantitative estimate of drug-likeness (QED) is 0.890. The molecule has 0 aromatic carbocycles. The van der Waals surface area contributed by atoms with Crippen LogP contribution in [-0.4, -0.2) is 18.4 Å². The molecule has 0 aliphatic carbocycles. The number of nitrogens with zero attached hydrogens (tertiary/aromatic N) is 2. The molecule has 0 unspecified atom stereocenters. The smallest absolute Gasteiger partial charge is 0.263 e. The normalized spacial score (nSPS) is 11.2. The standard InChI is InChI=1S/C10H9ClN4O2S/c11-9-4-8(6-14-10(9)12)18(16,17)15-7-2-1-3-13-5-7/h1-6,15H,(H2,12,14). The number of anilines is 2. The van der Waals surface area contributed by atoms with Crippen LogP contribution in [0.25, 0.3) is 0 Å². The highest BCUT2D eigenvalue weighted by molar-refractivity contribution is 7.92. The average Bonchev–Trinajstić information content (AvgIpc) is 2.33. The number of rotatable bonds is 3. The van der Waals surface area contributed by atoms with Crippen molar-refractivity contribution in [3.8, 4) is 0 Å². The second-order valence-electron chi connectivity index (χ2n) is 3.39. The van der Waals surface area contributed by atoms with Crippen molar-refractivity contribution in [2.24, 2.45) is 0 Å². The molecule has 0 radical (unpaired) electrons. The fourth-order valence-electron chi connectivity index (χ4n) is 1.22. The van der Waals surface area contributed by atoms with Gasteiger partial charge in [0.05, 0.1) is 16.9 Å². The molecule has 2 aromatic rings. The average molecular weight is 285 g/mol. The highest BCUT2D eigenvalue weighted by Crippen LogP contribution is 2.21. The summed E-state index contributed by atoms with van der Waals surface area (Å²) in [4.78, 5) is 7.44. The molecular formula is C10H9ClN4O2S. The molecular weight excluding hydrogens is 276 g/mol. The van der Waals surface area contributed by atoms with Crippen LogP contribution >= 0.6 is 11.6 Å². The van der Waals surface area contributed by atoms with E-state index in [0.717, 1.165) is 6.20 Å². The molecule has 0 amide bonds. The SMILES string of the molecule is Nc1ncc(S(=O)(=O)Nc2cccnc2)cc1Cl. The van der Waals surface area contributed by atoms with Gasteiger partial charge in [-0.05, 0) is 18.2 Å². The molecule has 18 heavy (non-hydrogen) atoms. The summed E-state index contributed by atoms with van der Waals surface area (Å²) in [5.41, 5.74) is 5.77. The second-order valence-corrected chi connectivity index (χ2v) is 5.47. The third kappa shape index (κ3) is 2.69. The molecule has 3 N–H and O–H groups in total. The Hall–Kier alpha value is -1.86. The monoisotopic (exact) mass is 284 g/mol. The Morgan fingerprint density at radius 1 is 1.33 bits per heavy atom. The first kappa shape index (κ1) is 12.6. The zero-order valence-electron chi connectivity index (χ0n) is 9.04. The maximum Gasteiger partial charge on any atom is 0.263 e. The van der Waals surface area contributed by atoms with Crippen molar-refractivity contribution < 1.29 is 8.42 Å². The molecule has 0 aliphatic rings. The fourth-order valence-corrected chi connectivity index (χ4v) is 2.46. The van der Waals surface area contributed by atoms with Crippen molar-refractivity contribution in [2.75, 3.05) is 10.5 Å². The molecule has 0 aliphatic heterocycles. The summed E-state index contributed by atoms with van der Waals surface area (Å²) in [6.45, 7) is 0. The summed E-state index contributed by atoms with van der Waals surface area (Å²) in [5.74, 6) is 0.0806. The van der Waals surface area contributed by atoms with E-state index in [9.17, 15) is 8.42 Å². The van der Waals surface area contributed by atoms with E-state index in [4.69, 9.17) is 17.3 Å². The van der Waals surface area contributed by atoms with Crippen molar-refractivity contribution in [2.45, 2.75) is 4.90 Å². The van der Waals surface area contributed by atoms with Gasteiger partial charge >= 0.3 is 0 Å². The van der Waals surface area contributed by atoms with Crippen molar-refractivity contribution in [3.63, 3.8) is 0 Å². The van der Waals surface area contributed by atoms with E-state index in [1.54, 1.807) is 18.3 Å². The molecule has 2 aromatic heterocycles. The Morgan fingerprint density at radius 2 is 2.11 bits per heavy atom. The Bertz CT molecular complexity index is 661. The molecule has 0 fully saturated rings. The van der Waals surface area contributed by atoms with Gasteiger partial charge in [-0.3, -0.25) is 9.71 Å². The third-order valence-electron chi connectivity index (χ3n) is 2.07. The van der Waals surface area contributed by atoms with Crippen LogP contribution in [0.1, 0.15) is 0 Å². The lowest BCUT2D eigenvalue weighted by Gasteiger charge is -2.07. The van der Waals surface area contributed by atoms with Crippen LogP contribution in [0.15, 0.2) is 41.7 Å². The van der Waals surface area contributed by atoms with E-state index >= 15 is 0 Å². The highest BCUT2D eigenvalue weighted by atomic mass is 35.5. The van der Waals surface area contributed by atoms with Gasteiger partial charge in [-0.1, -0.05) is 11.6 Å². The minimum absolute atomic E-state index is 0.0643. The molecule has 0 bridgehead atoms. The largest absolute Gasteiger partial charge is 0.382 e. The lowest BCUT2D eigenvalue weighted by molar-refractivity contribution is 0.601. The highest BCUT2D eigenvalue weighted by Gasteiger charge is 2.16. The van der Waals surface area contributed by atoms with Gasteiger partial charge in [0.2, 0.25) is 0 Å². The van der Waals surface area contributed by atoms with Crippen molar-refractivity contribution >= 4 is 33.1 Å². The molecule has 6 nitrogen and oxygen atoms in total. The summed E-state index contributed by atoms with van der Waals surface area (Å²) in [6, 6.07) is 4.44. The predicted molar refractivity (Wildman–Crippen MR) is 68.7 cm³/mol. The first-order chi connectivity index (χ1) is 8.49. The van der Waals surface area contributed by atoms with Gasteiger partial charge in [-0.15, -0.1) is 0 Å². The van der Waals surface area contributed by atoms with E-state index in [2.05, 4.69) is 14.7 Å². The van der Waals surface area contributed by atoms with Crippen LogP contribution < -0.4 is 10.5 Å². The molecule has 94 valence electrons. The Kier molecular flexibility index (Phi) is 3.35. The lowest BCUT2D eigenvalue weighted by atomic mass is 10.4. The topological polar surface area (TPSA) is 98.0 Å². The van der Waals surface area contributed by atoms with Crippen molar-refractivity contribution in [1.29, 1.82) is 0 Å². The van der Waals surface area contributed by atoms with Crippen molar-refractivity contribution in [1.82, 2.24) is 9.97 Å². The van der Waals surface area contributed by atoms with Gasteiger partial charge in [0.15, 0.2) is 0 Å². The van der Waals surface area contributed by atoms with Gasteiger partial charge in [0.1, 0.15) is 10.7 Å². The second kappa shape index (κ2) is 4.79. The van der Waals surface area contributed by atoms with E-state index < -0.39 is 10.0 Å². The molecule has 0 saturated heterocycles. The molecule has 2 heterocycles. The van der Waals surface area contributed by atoms with Crippen molar-refractivity contribution in [3.05, 3.63) is 41.8 Å². The van der Waals surface area contributed by atoms with E-state index in [0.29, 0.717) is 5.69 Å². The number of hydrogen-bond donors (Lipinski definition) is 2. The Balaban J connectivity index is 2.34. The summed E-state index contributed by atoms with van der Waals surface area (Å²) < 4.78 is 26.3. The first-order valence-corrected chi connectivity index (χ1v) is 6.69. The van der Waals surface area contributed by atoms with Crippen LogP contribution in [0, 0.1) is 0 Å². The van der Waals surface area contributed by atoms with Crippen LogP contribution in [-0.2, 0) is 10.0 Å². The van der Waals surface area contributed by atoms with Crippen LogP contribution in [0.3, 0.4) is 0 Å². The summed E-state index contributed by atoms with van der Waals surface area (Å²) in [6.07, 6.45) is 4.07. The molecule has 8 heteroatoms. The van der Waals surface area contributed by atoms with Gasteiger partial charge in [0, 0.05) is 12.4 Å². The summed E-state index contributed by atoms with van der Waals surface area (Å²) >= 11 is 5.73. The first-order valence-electron chi connectivity index (χ1n) is 4.83. The number of nitrogens with two attached hydrogens (primary N) is 1. The maximum atomic E-state index is 12.0.